The molecule has 0 saturated heterocycles. The summed E-state index contributed by atoms with van der Waals surface area (Å²) in [4.78, 5) is 10.2. The number of sulfonamides is 1. The second kappa shape index (κ2) is 9.52. The molecule has 0 aliphatic heterocycles. The van der Waals surface area contributed by atoms with Crippen LogP contribution in [0.2, 0.25) is 0 Å². The second-order valence-corrected chi connectivity index (χ2v) is 8.65. The molecule has 27 heavy (non-hydrogen) atoms. The quantitative estimate of drug-likeness (QED) is 0.294. The molecule has 1 saturated carbocycles. The molecule has 0 aromatic heterocycles. The highest BCUT2D eigenvalue weighted by atomic mass is 32.2. The van der Waals surface area contributed by atoms with E-state index in [1.165, 1.54) is 12.1 Å². The van der Waals surface area contributed by atoms with E-state index in [-0.39, 0.29) is 16.3 Å². The Morgan fingerprint density at radius 2 is 1.93 bits per heavy atom. The minimum Gasteiger partial charge on any atom is -0.760 e. The Morgan fingerprint density at radius 3 is 2.37 bits per heavy atom. The number of nitrogens with zero attached hydrogens (tertiary/aromatic N) is 1. The fraction of sp³-hybridized carbons (Fsp3) is 0.571. The van der Waals surface area contributed by atoms with Crippen LogP contribution in [0.1, 0.15) is 32.6 Å². The molecule has 1 fully saturated rings. The van der Waals surface area contributed by atoms with Crippen molar-refractivity contribution >= 4 is 32.7 Å². The van der Waals surface area contributed by atoms with Crippen LogP contribution in [0.3, 0.4) is 0 Å². The zero-order valence-corrected chi connectivity index (χ0v) is 16.3. The van der Waals surface area contributed by atoms with Crippen molar-refractivity contribution in [3.05, 3.63) is 28.3 Å². The largest absolute Gasteiger partial charge is 0.760 e. The van der Waals surface area contributed by atoms with Crippen LogP contribution in [0.4, 0.5) is 11.4 Å². The van der Waals surface area contributed by atoms with Gasteiger partial charge >= 0.3 is 0 Å². The van der Waals surface area contributed by atoms with Crippen LogP contribution in [0.5, 0.6) is 0 Å². The molecule has 11 nitrogen and oxygen atoms in total. The molecule has 6 N–H and O–H groups in total. The summed E-state index contributed by atoms with van der Waals surface area (Å²) in [6.45, 7) is 2.35. The van der Waals surface area contributed by atoms with Gasteiger partial charge in [-0.25, -0.2) is 13.6 Å². The van der Waals surface area contributed by atoms with Crippen LogP contribution in [0.25, 0.3) is 0 Å². The maximum Gasteiger partial charge on any atom is 0.293 e. The number of hydrogen-bond acceptors (Lipinski definition) is 8. The van der Waals surface area contributed by atoms with Crippen LogP contribution in [0.15, 0.2) is 23.1 Å². The zero-order chi connectivity index (χ0) is 20.8. The van der Waals surface area contributed by atoms with Gasteiger partial charge in [0.25, 0.3) is 5.69 Å². The maximum atomic E-state index is 11.3. The molecule has 0 spiro atoms. The minimum atomic E-state index is -3.98. The first-order valence-electron chi connectivity index (χ1n) is 7.93. The molecular weight excluding hydrogens is 400 g/mol. The molecule has 1 aliphatic rings. The van der Waals surface area contributed by atoms with Crippen LogP contribution in [0, 0.1) is 16.0 Å². The highest BCUT2D eigenvalue weighted by Gasteiger charge is 2.29. The number of nitrogens with two attached hydrogens (primary N) is 2. The van der Waals surface area contributed by atoms with Gasteiger partial charge in [-0.1, -0.05) is 0 Å². The van der Waals surface area contributed by atoms with E-state index in [9.17, 15) is 23.6 Å². The molecule has 1 aliphatic carbocycles. The van der Waals surface area contributed by atoms with E-state index >= 15 is 0 Å². The van der Waals surface area contributed by atoms with Crippen molar-refractivity contribution in [1.82, 2.24) is 0 Å². The number of nitro groups is 1. The first kappa shape index (κ1) is 23.4. The highest BCUT2D eigenvalue weighted by Crippen LogP contribution is 2.33. The van der Waals surface area contributed by atoms with E-state index in [0.717, 1.165) is 18.9 Å². The van der Waals surface area contributed by atoms with E-state index in [1.54, 1.807) is 0 Å². The number of primary sulfonamides is 1. The number of benzene rings is 1. The van der Waals surface area contributed by atoms with Gasteiger partial charge in [0, 0.05) is 23.9 Å². The topological polar surface area (TPSA) is 202 Å². The van der Waals surface area contributed by atoms with E-state index in [0.29, 0.717) is 25.3 Å². The second-order valence-electron chi connectivity index (χ2n) is 6.56. The van der Waals surface area contributed by atoms with Crippen molar-refractivity contribution in [2.24, 2.45) is 16.2 Å². The first-order valence-corrected chi connectivity index (χ1v) is 10.6. The van der Waals surface area contributed by atoms with Crippen molar-refractivity contribution in [2.75, 3.05) is 11.9 Å². The molecule has 0 radical (unpaired) electrons. The Bertz CT molecular complexity index is 785. The first-order chi connectivity index (χ1) is 12.3. The van der Waals surface area contributed by atoms with Crippen molar-refractivity contribution in [1.29, 1.82) is 0 Å². The lowest BCUT2D eigenvalue weighted by Crippen LogP contribution is -2.32. The van der Waals surface area contributed by atoms with Crippen molar-refractivity contribution in [3.8, 4) is 0 Å². The maximum absolute atomic E-state index is 11.3. The van der Waals surface area contributed by atoms with Crippen LogP contribution in [-0.4, -0.2) is 39.4 Å². The van der Waals surface area contributed by atoms with Gasteiger partial charge in [0.15, 0.2) is 0 Å². The molecule has 154 valence electrons. The molecule has 0 heterocycles. The van der Waals surface area contributed by atoms with Crippen LogP contribution >= 0.6 is 0 Å². The van der Waals surface area contributed by atoms with Crippen molar-refractivity contribution in [3.63, 3.8) is 0 Å². The summed E-state index contributed by atoms with van der Waals surface area (Å²) in [6.07, 6.45) is 3.07. The molecule has 1 aromatic carbocycles. The molecule has 1 aromatic rings. The monoisotopic (exact) mass is 423 g/mol. The lowest BCUT2D eigenvalue weighted by atomic mass is 9.80. The van der Waals surface area contributed by atoms with E-state index in [2.05, 4.69) is 10.5 Å². The number of hydrogen-bond donors (Lipinski definition) is 4. The lowest BCUT2D eigenvalue weighted by molar-refractivity contribution is -0.384. The number of nitrogens with one attached hydrogen (secondary N) is 1. The summed E-state index contributed by atoms with van der Waals surface area (Å²) in [5.41, 5.74) is -0.682. The number of anilines is 1. The molecule has 1 unspecified atom stereocenters. The normalized spacial score (nSPS) is 23.7. The summed E-state index contributed by atoms with van der Waals surface area (Å²) >= 11 is -2.36. The zero-order valence-electron chi connectivity index (χ0n) is 14.7. The van der Waals surface area contributed by atoms with Crippen molar-refractivity contribution < 1.29 is 27.2 Å². The van der Waals surface area contributed by atoms with E-state index < -0.39 is 31.8 Å². The predicted octanol–water partition coefficient (Wildman–Crippen LogP) is 0.335. The minimum absolute atomic E-state index is 0.264. The predicted molar refractivity (Wildman–Crippen MR) is 98.6 cm³/mol. The third kappa shape index (κ3) is 8.28. The van der Waals surface area contributed by atoms with Crippen molar-refractivity contribution in [2.45, 2.75) is 43.1 Å². The summed E-state index contributed by atoms with van der Waals surface area (Å²) in [6, 6.07) is 3.57. The summed E-state index contributed by atoms with van der Waals surface area (Å²) in [5, 5.41) is 33.1. The lowest BCUT2D eigenvalue weighted by Gasteiger charge is -2.33. The van der Waals surface area contributed by atoms with Crippen LogP contribution < -0.4 is 15.6 Å². The molecule has 0 bridgehead atoms. The number of rotatable bonds is 5. The van der Waals surface area contributed by atoms with E-state index in [1.807, 2.05) is 6.92 Å². The average molecular weight is 423 g/mol. The van der Waals surface area contributed by atoms with Gasteiger partial charge in [0.05, 0.1) is 15.4 Å². The molecular formula is C14H23N4O7S2-. The number of aliphatic hydroxyl groups is 1. The summed E-state index contributed by atoms with van der Waals surface area (Å²) in [7, 11) is -3.98. The molecule has 2 rings (SSSR count). The molecule has 1 atom stereocenters. The van der Waals surface area contributed by atoms with E-state index in [4.69, 9.17) is 13.9 Å². The number of nitro benzene ring substituents is 1. The third-order valence-corrected chi connectivity index (χ3v) is 5.17. The standard InChI is InChI=1S/C14H21N3O5S.H3NO2S/c1-14(18)6-4-10(5-7-14)9-16-12-3-2-11(23(15,21)22)8-13(12)17(19)20;1-4(2)3/h2-3,8,10,16,18H,4-7,9H2,1H3,(H2,15,21,22);1H2,(H,2,3)/p-1. The SMILES string of the molecule is CC1(O)CCC(CNc2ccc(S(N)(=O)=O)cc2[N+](=O)[O-])CC1.NS(=O)[O-]. The summed E-state index contributed by atoms with van der Waals surface area (Å²) < 4.78 is 40.1. The Labute approximate surface area is 159 Å². The average Bonchev–Trinajstić information content (AvgIpc) is 2.52. The van der Waals surface area contributed by atoms with Crippen LogP contribution in [-0.2, 0) is 21.3 Å². The fourth-order valence-corrected chi connectivity index (χ4v) is 3.28. The Morgan fingerprint density at radius 1 is 1.41 bits per heavy atom. The van der Waals surface area contributed by atoms with Gasteiger partial charge in [-0.3, -0.25) is 19.5 Å². The van der Waals surface area contributed by atoms with Gasteiger partial charge in [0.1, 0.15) is 5.69 Å². The van der Waals surface area contributed by atoms with Gasteiger partial charge in [-0.15, -0.1) is 0 Å². The smallest absolute Gasteiger partial charge is 0.293 e. The van der Waals surface area contributed by atoms with Gasteiger partial charge in [-0.2, -0.15) is 0 Å². The van der Waals surface area contributed by atoms with Gasteiger partial charge in [0.2, 0.25) is 10.0 Å². The van der Waals surface area contributed by atoms with Gasteiger partial charge < -0.3 is 15.0 Å². The third-order valence-electron chi connectivity index (χ3n) is 4.26. The fourth-order valence-electron chi connectivity index (χ4n) is 2.75. The Kier molecular flexibility index (Phi) is 8.25. The summed E-state index contributed by atoms with van der Waals surface area (Å²) in [5.74, 6) is 0.313. The Balaban J connectivity index is 0.000000828. The highest BCUT2D eigenvalue weighted by molar-refractivity contribution is 7.89. The molecule has 13 heteroatoms. The van der Waals surface area contributed by atoms with Gasteiger partial charge in [-0.05, 0) is 50.7 Å². The Hall–Kier alpha value is -1.64. The molecule has 0 amide bonds.